The quantitative estimate of drug-likeness (QED) is 0.101. The number of carbonyl (C=O) groups excluding carboxylic acids is 2. The number of rotatable bonds is 8. The van der Waals surface area contributed by atoms with E-state index in [1.165, 1.54) is 23.1 Å². The Bertz CT molecular complexity index is 1530. The molecule has 1 unspecified atom stereocenters. The number of carbonyl (C=O) groups is 3. The number of thioether (sulfide) groups is 1. The van der Waals surface area contributed by atoms with Gasteiger partial charge in [-0.15, -0.1) is 34.4 Å². The van der Waals surface area contributed by atoms with Crippen molar-refractivity contribution in [3.63, 3.8) is 0 Å². The molecule has 0 fully saturated rings. The van der Waals surface area contributed by atoms with Crippen LogP contribution in [-0.4, -0.2) is 33.1 Å². The molecule has 14 heteroatoms. The van der Waals surface area contributed by atoms with Crippen LogP contribution in [-0.2, 0) is 4.79 Å². The maximum absolute atomic E-state index is 12.9. The van der Waals surface area contributed by atoms with Crippen molar-refractivity contribution in [3.05, 3.63) is 78.4 Å². The summed E-state index contributed by atoms with van der Waals surface area (Å²) in [6, 6.07) is 10.5. The third-order valence-electron chi connectivity index (χ3n) is 5.01. The highest BCUT2D eigenvalue weighted by Crippen LogP contribution is 2.42. The molecule has 3 N–H and O–H groups in total. The first kappa shape index (κ1) is 28.7. The van der Waals surface area contributed by atoms with Gasteiger partial charge in [0.05, 0.1) is 47.0 Å². The molecule has 2 aromatic carbocycles. The molecule has 38 heavy (non-hydrogen) atoms. The van der Waals surface area contributed by atoms with E-state index in [1.54, 1.807) is 42.5 Å². The van der Waals surface area contributed by atoms with Gasteiger partial charge in [0.25, 0.3) is 5.91 Å². The number of thiophene rings is 1. The summed E-state index contributed by atoms with van der Waals surface area (Å²) >= 11 is 28.4. The summed E-state index contributed by atoms with van der Waals surface area (Å²) in [6.45, 7) is 1.77. The molecule has 0 bridgehead atoms. The van der Waals surface area contributed by atoms with Crippen LogP contribution in [0.5, 0.6) is 0 Å². The van der Waals surface area contributed by atoms with Crippen molar-refractivity contribution in [2.45, 2.75) is 17.1 Å². The minimum Gasteiger partial charge on any atom is -0.478 e. The first-order valence-electron chi connectivity index (χ1n) is 10.5. The van der Waals surface area contributed by atoms with Crippen LogP contribution in [0.25, 0.3) is 10.6 Å². The van der Waals surface area contributed by atoms with Crippen molar-refractivity contribution in [2.75, 3.05) is 10.6 Å². The molecule has 0 spiro atoms. The minimum atomic E-state index is -1.49. The topological polar surface area (TPSA) is 108 Å². The molecule has 4 aromatic rings. The van der Waals surface area contributed by atoms with Gasteiger partial charge >= 0.3 is 5.97 Å². The Balaban J connectivity index is 1.41. The number of amides is 2. The Morgan fingerprint density at radius 2 is 1.58 bits per heavy atom. The van der Waals surface area contributed by atoms with Crippen LogP contribution in [0.15, 0.2) is 52.1 Å². The maximum Gasteiger partial charge on any atom is 0.338 e. The number of carboxylic acid groups (broad SMARTS) is 1. The van der Waals surface area contributed by atoms with Crippen LogP contribution in [0, 0.1) is 0 Å². The zero-order valence-electron chi connectivity index (χ0n) is 19.1. The Kier molecular flexibility index (Phi) is 9.25. The Labute approximate surface area is 249 Å². The molecule has 4 rings (SSSR count). The number of nitrogens with zero attached hydrogens (tertiary/aromatic N) is 1. The van der Waals surface area contributed by atoms with Gasteiger partial charge in [0.2, 0.25) is 5.91 Å². The number of carboxylic acids is 1. The monoisotopic (exact) mass is 645 g/mol. The van der Waals surface area contributed by atoms with Crippen LogP contribution < -0.4 is 10.6 Å². The van der Waals surface area contributed by atoms with Crippen LogP contribution in [0.2, 0.25) is 20.1 Å². The zero-order chi connectivity index (χ0) is 27.6. The van der Waals surface area contributed by atoms with Gasteiger partial charge in [-0.05, 0) is 42.6 Å². The molecule has 2 amide bonds. The Morgan fingerprint density at radius 1 is 0.921 bits per heavy atom. The van der Waals surface area contributed by atoms with E-state index in [0.717, 1.165) is 15.5 Å². The second kappa shape index (κ2) is 12.3. The van der Waals surface area contributed by atoms with E-state index in [1.807, 2.05) is 22.9 Å². The largest absolute Gasteiger partial charge is 0.478 e. The van der Waals surface area contributed by atoms with Crippen LogP contribution in [0.3, 0.4) is 0 Å². The van der Waals surface area contributed by atoms with Crippen LogP contribution >= 0.6 is 80.8 Å². The van der Waals surface area contributed by atoms with Gasteiger partial charge < -0.3 is 15.7 Å². The summed E-state index contributed by atoms with van der Waals surface area (Å²) in [5.74, 6) is -2.52. The first-order chi connectivity index (χ1) is 18.1. The maximum atomic E-state index is 12.9. The second-order valence-corrected chi connectivity index (χ2v) is 12.3. The zero-order valence-corrected chi connectivity index (χ0v) is 24.5. The van der Waals surface area contributed by atoms with Crippen molar-refractivity contribution < 1.29 is 19.5 Å². The summed E-state index contributed by atoms with van der Waals surface area (Å²) in [4.78, 5) is 43.5. The number of thiazole rings is 1. The number of halogens is 4. The number of hydrogen-bond acceptors (Lipinski definition) is 7. The van der Waals surface area contributed by atoms with E-state index < -0.39 is 33.3 Å². The van der Waals surface area contributed by atoms with Gasteiger partial charge in [-0.2, -0.15) is 0 Å². The predicted octanol–water partition coefficient (Wildman–Crippen LogP) is 8.56. The van der Waals surface area contributed by atoms with Gasteiger partial charge in [0.15, 0.2) is 5.13 Å². The third-order valence-corrected chi connectivity index (χ3v) is 9.57. The summed E-state index contributed by atoms with van der Waals surface area (Å²) < 4.78 is 0. The number of aromatic nitrogens is 1. The molecule has 0 radical (unpaired) electrons. The summed E-state index contributed by atoms with van der Waals surface area (Å²) in [5.41, 5.74) is 0.207. The lowest BCUT2D eigenvalue weighted by Gasteiger charge is -2.14. The molecular weight excluding hydrogens is 632 g/mol. The molecule has 0 aliphatic carbocycles. The average Bonchev–Trinajstić information content (AvgIpc) is 3.58. The molecule has 1 atom stereocenters. The highest BCUT2D eigenvalue weighted by atomic mass is 35.5. The van der Waals surface area contributed by atoms with Crippen molar-refractivity contribution in [3.8, 4) is 10.6 Å². The normalized spacial score (nSPS) is 11.7. The van der Waals surface area contributed by atoms with Crippen molar-refractivity contribution in [1.29, 1.82) is 0 Å². The van der Waals surface area contributed by atoms with E-state index in [2.05, 4.69) is 15.6 Å². The van der Waals surface area contributed by atoms with Gasteiger partial charge in [0, 0.05) is 16.0 Å². The number of nitrogens with one attached hydrogen (secondary N) is 2. The molecule has 0 saturated heterocycles. The van der Waals surface area contributed by atoms with Gasteiger partial charge in [0.1, 0.15) is 0 Å². The SMILES string of the molecule is CC(Sc1ccc(NC(=O)c2c(Cl)c(Cl)c(Cl)c(Cl)c2C(=O)O)cc1)C(=O)Nc1nc(-c2cccs2)cs1. The van der Waals surface area contributed by atoms with E-state index in [-0.39, 0.29) is 21.0 Å². The van der Waals surface area contributed by atoms with Crippen LogP contribution in [0.1, 0.15) is 27.6 Å². The first-order valence-corrected chi connectivity index (χ1v) is 14.7. The molecule has 2 heterocycles. The summed E-state index contributed by atoms with van der Waals surface area (Å²) in [5, 5.41) is 17.7. The number of benzene rings is 2. The van der Waals surface area contributed by atoms with Crippen molar-refractivity contribution in [1.82, 2.24) is 4.98 Å². The number of hydrogen-bond donors (Lipinski definition) is 3. The molecule has 7 nitrogen and oxygen atoms in total. The average molecular weight is 647 g/mol. The fraction of sp³-hybridized carbons (Fsp3) is 0.0833. The van der Waals surface area contributed by atoms with Gasteiger partial charge in [-0.1, -0.05) is 52.5 Å². The van der Waals surface area contributed by atoms with E-state index >= 15 is 0 Å². The molecule has 0 aliphatic rings. The lowest BCUT2D eigenvalue weighted by molar-refractivity contribution is -0.115. The molecule has 0 aliphatic heterocycles. The fourth-order valence-electron chi connectivity index (χ4n) is 3.19. The van der Waals surface area contributed by atoms with Gasteiger partial charge in [-0.3, -0.25) is 9.59 Å². The standard InChI is InChI=1S/C24H15Cl4N3O4S3/c1-10(21(32)31-24-30-13(9-37-24)14-3-2-8-36-14)38-12-6-4-11(5-7-12)29-22(33)15-16(23(34)35)18(26)20(28)19(27)17(15)25/h2-10H,1H3,(H,29,33)(H,34,35)(H,30,31,32). The van der Waals surface area contributed by atoms with E-state index in [0.29, 0.717) is 10.8 Å². The summed E-state index contributed by atoms with van der Waals surface area (Å²) in [6.07, 6.45) is 0. The van der Waals surface area contributed by atoms with Crippen molar-refractivity contribution in [2.24, 2.45) is 0 Å². The third kappa shape index (κ3) is 6.28. The van der Waals surface area contributed by atoms with Crippen molar-refractivity contribution >= 4 is 109 Å². The fourth-order valence-corrected chi connectivity index (χ4v) is 6.55. The number of aromatic carboxylic acids is 1. The Hall–Kier alpha value is -2.31. The molecular formula is C24H15Cl4N3O4S3. The second-order valence-electron chi connectivity index (χ2n) is 7.55. The van der Waals surface area contributed by atoms with E-state index in [9.17, 15) is 19.5 Å². The smallest absolute Gasteiger partial charge is 0.338 e. The summed E-state index contributed by atoms with van der Waals surface area (Å²) in [7, 11) is 0. The predicted molar refractivity (Wildman–Crippen MR) is 157 cm³/mol. The lowest BCUT2D eigenvalue weighted by atomic mass is 10.1. The van der Waals surface area contributed by atoms with Crippen LogP contribution in [0.4, 0.5) is 10.8 Å². The molecule has 0 saturated carbocycles. The number of anilines is 2. The molecule has 2 aromatic heterocycles. The Morgan fingerprint density at radius 3 is 2.18 bits per heavy atom. The minimum absolute atomic E-state index is 0.202. The highest BCUT2D eigenvalue weighted by molar-refractivity contribution is 8.00. The van der Waals surface area contributed by atoms with Gasteiger partial charge in [-0.25, -0.2) is 9.78 Å². The lowest BCUT2D eigenvalue weighted by Crippen LogP contribution is -2.22. The van der Waals surface area contributed by atoms with E-state index in [4.69, 9.17) is 46.4 Å². The highest BCUT2D eigenvalue weighted by Gasteiger charge is 2.29. The molecule has 196 valence electrons.